The van der Waals surface area contributed by atoms with Gasteiger partial charge in [0, 0.05) is 48.3 Å². The van der Waals surface area contributed by atoms with Crippen LogP contribution in [0.15, 0.2) is 71.7 Å². The molecule has 0 saturated carbocycles. The summed E-state index contributed by atoms with van der Waals surface area (Å²) in [4.78, 5) is 31.9. The number of carbonyl (C=O) groups excluding carboxylic acids is 1. The number of rotatable bonds is 4. The van der Waals surface area contributed by atoms with Crippen LogP contribution in [-0.2, 0) is 11.3 Å². The van der Waals surface area contributed by atoms with Gasteiger partial charge >= 0.3 is 0 Å². The number of H-pyrrole nitrogens is 1. The Morgan fingerprint density at radius 3 is 2.60 bits per heavy atom. The molecule has 30 heavy (non-hydrogen) atoms. The zero-order valence-corrected chi connectivity index (χ0v) is 16.8. The summed E-state index contributed by atoms with van der Waals surface area (Å²) < 4.78 is 1.42. The number of benzene rings is 2. The molecule has 1 saturated heterocycles. The van der Waals surface area contributed by atoms with Crippen LogP contribution in [0.25, 0.3) is 16.8 Å². The molecule has 5 rings (SSSR count). The SMILES string of the molecule is O=C1C[C@@H](c2cc(=O)n3[nH]cc(-c4ccc(Cl)cc4)c3n2)CN1Cc1ccccc1. The number of likely N-dealkylation sites (tertiary alicyclic amines) is 1. The first-order valence-corrected chi connectivity index (χ1v) is 10.1. The van der Waals surface area contributed by atoms with Crippen LogP contribution in [0.2, 0.25) is 5.02 Å². The highest BCUT2D eigenvalue weighted by Gasteiger charge is 2.32. The van der Waals surface area contributed by atoms with Gasteiger partial charge in [-0.2, -0.15) is 0 Å². The molecule has 6 nitrogen and oxygen atoms in total. The lowest BCUT2D eigenvalue weighted by Gasteiger charge is -2.16. The number of aromatic amines is 1. The van der Waals surface area contributed by atoms with E-state index in [0.29, 0.717) is 35.9 Å². The van der Waals surface area contributed by atoms with E-state index in [9.17, 15) is 9.59 Å². The smallest absolute Gasteiger partial charge is 0.272 e. The van der Waals surface area contributed by atoms with Gasteiger partial charge in [0.25, 0.3) is 5.56 Å². The molecule has 2 aromatic heterocycles. The van der Waals surface area contributed by atoms with Crippen molar-refractivity contribution in [3.05, 3.63) is 93.5 Å². The van der Waals surface area contributed by atoms with Gasteiger partial charge in [0.1, 0.15) is 0 Å². The van der Waals surface area contributed by atoms with Crippen molar-refractivity contribution in [2.75, 3.05) is 6.54 Å². The first kappa shape index (κ1) is 18.6. The number of carbonyl (C=O) groups is 1. The largest absolute Gasteiger partial charge is 0.338 e. The number of nitrogens with one attached hydrogen (secondary N) is 1. The van der Waals surface area contributed by atoms with Crippen molar-refractivity contribution < 1.29 is 4.79 Å². The molecule has 0 aliphatic carbocycles. The number of hydrogen-bond donors (Lipinski definition) is 1. The summed E-state index contributed by atoms with van der Waals surface area (Å²) in [6, 6.07) is 18.8. The Morgan fingerprint density at radius 2 is 1.83 bits per heavy atom. The lowest BCUT2D eigenvalue weighted by atomic mass is 10.0. The van der Waals surface area contributed by atoms with Crippen molar-refractivity contribution in [1.82, 2.24) is 19.5 Å². The van der Waals surface area contributed by atoms with Gasteiger partial charge in [-0.25, -0.2) is 9.50 Å². The van der Waals surface area contributed by atoms with E-state index >= 15 is 0 Å². The third kappa shape index (κ3) is 3.39. The average Bonchev–Trinajstić information content (AvgIpc) is 3.34. The fourth-order valence-electron chi connectivity index (χ4n) is 3.98. The van der Waals surface area contributed by atoms with E-state index in [1.165, 1.54) is 10.6 Å². The van der Waals surface area contributed by atoms with Crippen LogP contribution in [0, 0.1) is 0 Å². The molecular weight excluding hydrogens is 400 g/mol. The minimum Gasteiger partial charge on any atom is -0.338 e. The Balaban J connectivity index is 1.47. The summed E-state index contributed by atoms with van der Waals surface area (Å²) in [5.41, 5.74) is 3.83. The monoisotopic (exact) mass is 418 g/mol. The van der Waals surface area contributed by atoms with Crippen LogP contribution in [0.3, 0.4) is 0 Å². The summed E-state index contributed by atoms with van der Waals surface area (Å²) in [5, 5.41) is 3.61. The van der Waals surface area contributed by atoms with E-state index in [-0.39, 0.29) is 17.4 Å². The second kappa shape index (κ2) is 7.46. The Morgan fingerprint density at radius 1 is 1.07 bits per heavy atom. The molecule has 1 amide bonds. The molecule has 1 N–H and O–H groups in total. The van der Waals surface area contributed by atoms with Crippen LogP contribution in [0.5, 0.6) is 0 Å². The van der Waals surface area contributed by atoms with Gasteiger partial charge in [0.15, 0.2) is 5.65 Å². The van der Waals surface area contributed by atoms with E-state index in [1.807, 2.05) is 47.4 Å². The number of hydrogen-bond acceptors (Lipinski definition) is 3. The Kier molecular flexibility index (Phi) is 4.64. The number of nitrogens with zero attached hydrogens (tertiary/aromatic N) is 3. The first-order chi connectivity index (χ1) is 14.6. The summed E-state index contributed by atoms with van der Waals surface area (Å²) in [6.45, 7) is 1.12. The van der Waals surface area contributed by atoms with Crippen molar-refractivity contribution in [2.45, 2.75) is 18.9 Å². The molecule has 2 aromatic carbocycles. The van der Waals surface area contributed by atoms with E-state index < -0.39 is 0 Å². The summed E-state index contributed by atoms with van der Waals surface area (Å²) in [6.07, 6.45) is 2.12. The van der Waals surface area contributed by atoms with E-state index in [1.54, 1.807) is 18.3 Å². The lowest BCUT2D eigenvalue weighted by molar-refractivity contribution is -0.128. The molecule has 7 heteroatoms. The molecule has 1 atom stereocenters. The Labute approximate surface area is 177 Å². The van der Waals surface area contributed by atoms with Crippen molar-refractivity contribution in [2.24, 2.45) is 0 Å². The van der Waals surface area contributed by atoms with Crippen LogP contribution < -0.4 is 5.56 Å². The highest BCUT2D eigenvalue weighted by atomic mass is 35.5. The maximum absolute atomic E-state index is 12.7. The predicted molar refractivity (Wildman–Crippen MR) is 115 cm³/mol. The summed E-state index contributed by atoms with van der Waals surface area (Å²) in [5.74, 6) is -0.0234. The number of amides is 1. The Bertz CT molecular complexity index is 1280. The minimum absolute atomic E-state index is 0.0813. The zero-order valence-electron chi connectivity index (χ0n) is 16.1. The van der Waals surface area contributed by atoms with E-state index in [2.05, 4.69) is 5.10 Å². The lowest BCUT2D eigenvalue weighted by Crippen LogP contribution is -2.24. The molecule has 0 bridgehead atoms. The number of fused-ring (bicyclic) bond motifs is 1. The van der Waals surface area contributed by atoms with E-state index in [4.69, 9.17) is 16.6 Å². The molecule has 0 unspecified atom stereocenters. The zero-order chi connectivity index (χ0) is 20.7. The maximum atomic E-state index is 12.7. The minimum atomic E-state index is -0.191. The molecule has 1 aliphatic rings. The third-order valence-corrected chi connectivity index (χ3v) is 5.77. The molecule has 150 valence electrons. The highest BCUT2D eigenvalue weighted by Crippen LogP contribution is 2.30. The normalized spacial score (nSPS) is 16.5. The summed E-state index contributed by atoms with van der Waals surface area (Å²) in [7, 11) is 0. The first-order valence-electron chi connectivity index (χ1n) is 9.77. The third-order valence-electron chi connectivity index (χ3n) is 5.52. The van der Waals surface area contributed by atoms with Crippen LogP contribution in [0.4, 0.5) is 0 Å². The highest BCUT2D eigenvalue weighted by molar-refractivity contribution is 6.30. The summed E-state index contributed by atoms with van der Waals surface area (Å²) >= 11 is 6.00. The average molecular weight is 419 g/mol. The van der Waals surface area contributed by atoms with Crippen molar-refractivity contribution in [3.63, 3.8) is 0 Å². The molecule has 1 fully saturated rings. The molecular formula is C23H19ClN4O2. The fourth-order valence-corrected chi connectivity index (χ4v) is 4.10. The van der Waals surface area contributed by atoms with Crippen LogP contribution in [-0.4, -0.2) is 31.9 Å². The van der Waals surface area contributed by atoms with E-state index in [0.717, 1.165) is 16.7 Å². The van der Waals surface area contributed by atoms with Crippen molar-refractivity contribution in [3.8, 4) is 11.1 Å². The second-order valence-corrected chi connectivity index (χ2v) is 7.97. The van der Waals surface area contributed by atoms with Crippen molar-refractivity contribution in [1.29, 1.82) is 0 Å². The molecule has 1 aliphatic heterocycles. The van der Waals surface area contributed by atoms with Gasteiger partial charge in [-0.05, 0) is 23.3 Å². The second-order valence-electron chi connectivity index (χ2n) is 7.53. The topological polar surface area (TPSA) is 70.5 Å². The standard InChI is InChI=1S/C23H19ClN4O2/c24-18-8-6-16(7-9-18)19-12-25-28-22(30)11-20(26-23(19)28)17-10-21(29)27(14-17)13-15-4-2-1-3-5-15/h1-9,11-12,17,25H,10,13-14H2/t17-/m1/s1. The number of aromatic nitrogens is 3. The Hall–Kier alpha value is -3.38. The fraction of sp³-hybridized carbons (Fsp3) is 0.174. The van der Waals surface area contributed by atoms with Gasteiger partial charge in [-0.1, -0.05) is 54.1 Å². The van der Waals surface area contributed by atoms with Gasteiger partial charge in [-0.3, -0.25) is 14.7 Å². The van der Waals surface area contributed by atoms with Gasteiger partial charge < -0.3 is 4.90 Å². The predicted octanol–water partition coefficient (Wildman–Crippen LogP) is 3.86. The van der Waals surface area contributed by atoms with Crippen molar-refractivity contribution >= 4 is 23.2 Å². The molecule has 0 spiro atoms. The molecule has 4 aromatic rings. The van der Waals surface area contributed by atoms with Crippen LogP contribution >= 0.6 is 11.6 Å². The van der Waals surface area contributed by atoms with Gasteiger partial charge in [-0.15, -0.1) is 0 Å². The molecule has 0 radical (unpaired) electrons. The quantitative estimate of drug-likeness (QED) is 0.547. The van der Waals surface area contributed by atoms with Crippen LogP contribution in [0.1, 0.15) is 23.6 Å². The molecule has 3 heterocycles. The van der Waals surface area contributed by atoms with Gasteiger partial charge in [0.05, 0.1) is 5.69 Å². The maximum Gasteiger partial charge on any atom is 0.272 e. The number of halogens is 1. The van der Waals surface area contributed by atoms with Gasteiger partial charge in [0.2, 0.25) is 5.91 Å².